The number of anilines is 2. The number of hydrogen-bond donors (Lipinski definition) is 1. The van der Waals surface area contributed by atoms with Crippen molar-refractivity contribution in [2.24, 2.45) is 0 Å². The summed E-state index contributed by atoms with van der Waals surface area (Å²) in [5.41, 5.74) is 3.94. The van der Waals surface area contributed by atoms with Crippen LogP contribution in [-0.4, -0.2) is 61.5 Å². The van der Waals surface area contributed by atoms with E-state index in [4.69, 9.17) is 0 Å². The lowest BCUT2D eigenvalue weighted by Crippen LogP contribution is -2.47. The molecule has 0 aromatic heterocycles. The van der Waals surface area contributed by atoms with E-state index >= 15 is 0 Å². The van der Waals surface area contributed by atoms with Gasteiger partial charge in [-0.2, -0.15) is 0 Å². The molecule has 0 bridgehead atoms. The number of aryl methyl sites for hydroxylation is 1. The second-order valence-electron chi connectivity index (χ2n) is 8.23. The van der Waals surface area contributed by atoms with Crippen LogP contribution in [0.2, 0.25) is 0 Å². The Hall–Kier alpha value is -2.86. The first-order valence-corrected chi connectivity index (χ1v) is 10.8. The highest BCUT2D eigenvalue weighted by Gasteiger charge is 2.21. The molecule has 6 nitrogen and oxygen atoms in total. The van der Waals surface area contributed by atoms with Gasteiger partial charge in [0, 0.05) is 44.1 Å². The van der Waals surface area contributed by atoms with Crippen LogP contribution < -0.4 is 10.2 Å². The van der Waals surface area contributed by atoms with Gasteiger partial charge in [0.2, 0.25) is 5.91 Å². The number of piperazine rings is 1. The lowest BCUT2D eigenvalue weighted by molar-refractivity contribution is -0.132. The van der Waals surface area contributed by atoms with Gasteiger partial charge in [0.05, 0.1) is 6.42 Å². The highest BCUT2D eigenvalue weighted by molar-refractivity contribution is 6.02. The molecule has 0 aliphatic carbocycles. The van der Waals surface area contributed by atoms with E-state index in [1.165, 1.54) is 5.56 Å². The van der Waals surface area contributed by atoms with Crippen molar-refractivity contribution < 1.29 is 9.59 Å². The third-order valence-electron chi connectivity index (χ3n) is 6.02. The number of fused-ring (bicyclic) bond motifs is 1. The average Bonchev–Trinajstić information content (AvgIpc) is 2.98. The van der Waals surface area contributed by atoms with E-state index in [0.29, 0.717) is 6.42 Å². The Morgan fingerprint density at radius 1 is 0.900 bits per heavy atom. The van der Waals surface area contributed by atoms with Gasteiger partial charge >= 0.3 is 6.03 Å². The zero-order valence-electron chi connectivity index (χ0n) is 17.6. The first-order valence-electron chi connectivity index (χ1n) is 10.8. The number of carbonyl (C=O) groups excluding carboxylic acids is 2. The minimum absolute atomic E-state index is 0.106. The van der Waals surface area contributed by atoms with Crippen LogP contribution in [0.25, 0.3) is 0 Å². The Balaban J connectivity index is 1.37. The summed E-state index contributed by atoms with van der Waals surface area (Å²) in [7, 11) is 2.08. The minimum atomic E-state index is -0.106. The van der Waals surface area contributed by atoms with Crippen molar-refractivity contribution in [3.05, 3.63) is 59.7 Å². The lowest BCUT2D eigenvalue weighted by atomic mass is 10.1. The van der Waals surface area contributed by atoms with E-state index in [1.807, 2.05) is 52.3 Å². The fourth-order valence-corrected chi connectivity index (χ4v) is 4.14. The number of benzene rings is 2. The highest BCUT2D eigenvalue weighted by Crippen LogP contribution is 2.26. The molecule has 0 unspecified atom stereocenters. The summed E-state index contributed by atoms with van der Waals surface area (Å²) < 4.78 is 0. The monoisotopic (exact) mass is 406 g/mol. The van der Waals surface area contributed by atoms with Crippen molar-refractivity contribution in [3.8, 4) is 0 Å². The molecule has 0 radical (unpaired) electrons. The molecule has 2 aliphatic heterocycles. The van der Waals surface area contributed by atoms with Crippen LogP contribution in [0.5, 0.6) is 0 Å². The van der Waals surface area contributed by atoms with Crippen molar-refractivity contribution >= 4 is 23.3 Å². The smallest absolute Gasteiger partial charge is 0.326 e. The Bertz CT molecular complexity index is 888. The quantitative estimate of drug-likeness (QED) is 0.850. The average molecular weight is 407 g/mol. The Kier molecular flexibility index (Phi) is 6.33. The molecule has 0 spiro atoms. The number of hydrogen-bond acceptors (Lipinski definition) is 3. The zero-order valence-corrected chi connectivity index (χ0v) is 17.6. The molecule has 6 heteroatoms. The van der Waals surface area contributed by atoms with Crippen LogP contribution in [-0.2, 0) is 17.6 Å². The van der Waals surface area contributed by atoms with Crippen molar-refractivity contribution in [1.82, 2.24) is 9.80 Å². The molecule has 0 saturated carbocycles. The van der Waals surface area contributed by atoms with E-state index in [2.05, 4.69) is 23.3 Å². The molecule has 158 valence electrons. The molecule has 4 rings (SSSR count). The second kappa shape index (κ2) is 9.30. The summed E-state index contributed by atoms with van der Waals surface area (Å²) in [6.45, 7) is 4.16. The Morgan fingerprint density at radius 3 is 2.40 bits per heavy atom. The Labute approximate surface area is 178 Å². The van der Waals surface area contributed by atoms with E-state index in [-0.39, 0.29) is 11.9 Å². The van der Waals surface area contributed by atoms with Crippen LogP contribution >= 0.6 is 0 Å². The first-order chi connectivity index (χ1) is 14.6. The summed E-state index contributed by atoms with van der Waals surface area (Å²) in [4.78, 5) is 31.5. The number of rotatable bonds is 3. The largest absolute Gasteiger partial charge is 0.340 e. The summed E-state index contributed by atoms with van der Waals surface area (Å²) in [5.74, 6) is 0.168. The zero-order chi connectivity index (χ0) is 20.9. The number of para-hydroxylation sites is 1. The minimum Gasteiger partial charge on any atom is -0.340 e. The molecule has 2 heterocycles. The maximum absolute atomic E-state index is 12.9. The van der Waals surface area contributed by atoms with Gasteiger partial charge in [0.15, 0.2) is 0 Å². The Morgan fingerprint density at radius 2 is 1.63 bits per heavy atom. The molecule has 2 aromatic carbocycles. The highest BCUT2D eigenvalue weighted by atomic mass is 16.2. The van der Waals surface area contributed by atoms with E-state index in [1.54, 1.807) is 0 Å². The normalized spacial score (nSPS) is 17.2. The van der Waals surface area contributed by atoms with Gasteiger partial charge in [-0.05, 0) is 55.6 Å². The standard InChI is InChI=1S/C24H30N4O2/c1-26-14-16-27(17-15-26)23(29)18-19-9-11-21(12-10-19)25-24(30)28-13-5-4-7-20-6-2-3-8-22(20)28/h2-3,6,8-12H,4-5,7,13-18H2,1H3,(H,25,30). The fourth-order valence-electron chi connectivity index (χ4n) is 4.14. The van der Waals surface area contributed by atoms with Crippen molar-refractivity contribution in [1.29, 1.82) is 0 Å². The van der Waals surface area contributed by atoms with Crippen LogP contribution in [0.15, 0.2) is 48.5 Å². The molecule has 2 aromatic rings. The predicted octanol–water partition coefficient (Wildman–Crippen LogP) is 3.38. The van der Waals surface area contributed by atoms with Gasteiger partial charge in [-0.1, -0.05) is 30.3 Å². The summed E-state index contributed by atoms with van der Waals surface area (Å²) in [6, 6.07) is 15.7. The predicted molar refractivity (Wildman–Crippen MR) is 120 cm³/mol. The summed E-state index contributed by atoms with van der Waals surface area (Å²) >= 11 is 0. The van der Waals surface area contributed by atoms with Gasteiger partial charge in [-0.15, -0.1) is 0 Å². The summed E-state index contributed by atoms with van der Waals surface area (Å²) in [6.07, 6.45) is 3.50. The maximum Gasteiger partial charge on any atom is 0.326 e. The van der Waals surface area contributed by atoms with Gasteiger partial charge in [0.1, 0.15) is 0 Å². The molecule has 1 N–H and O–H groups in total. The first kappa shape index (κ1) is 20.4. The molecule has 1 fully saturated rings. The number of amides is 3. The van der Waals surface area contributed by atoms with Gasteiger partial charge in [-0.3, -0.25) is 9.69 Å². The topological polar surface area (TPSA) is 55.9 Å². The number of urea groups is 1. The van der Waals surface area contributed by atoms with Crippen molar-refractivity contribution in [3.63, 3.8) is 0 Å². The number of nitrogens with zero attached hydrogens (tertiary/aromatic N) is 3. The van der Waals surface area contributed by atoms with Crippen LogP contribution in [0, 0.1) is 0 Å². The summed E-state index contributed by atoms with van der Waals surface area (Å²) in [5, 5.41) is 3.02. The van der Waals surface area contributed by atoms with Crippen LogP contribution in [0.1, 0.15) is 24.0 Å². The molecule has 30 heavy (non-hydrogen) atoms. The van der Waals surface area contributed by atoms with Gasteiger partial charge in [0.25, 0.3) is 0 Å². The van der Waals surface area contributed by atoms with E-state index in [0.717, 1.165) is 68.9 Å². The SMILES string of the molecule is CN1CCN(C(=O)Cc2ccc(NC(=O)N3CCCCc4ccccc43)cc2)CC1. The van der Waals surface area contributed by atoms with Gasteiger partial charge < -0.3 is 15.1 Å². The van der Waals surface area contributed by atoms with Crippen molar-refractivity contribution in [2.45, 2.75) is 25.7 Å². The number of nitrogens with one attached hydrogen (secondary N) is 1. The fraction of sp³-hybridized carbons (Fsp3) is 0.417. The number of carbonyl (C=O) groups is 2. The van der Waals surface area contributed by atoms with Gasteiger partial charge in [-0.25, -0.2) is 4.79 Å². The third kappa shape index (κ3) is 4.82. The molecule has 1 saturated heterocycles. The third-order valence-corrected chi connectivity index (χ3v) is 6.02. The van der Waals surface area contributed by atoms with E-state index < -0.39 is 0 Å². The molecule has 0 atom stereocenters. The molecular weight excluding hydrogens is 376 g/mol. The van der Waals surface area contributed by atoms with Crippen LogP contribution in [0.3, 0.4) is 0 Å². The molecule has 2 aliphatic rings. The van der Waals surface area contributed by atoms with Crippen molar-refractivity contribution in [2.75, 3.05) is 50.0 Å². The number of likely N-dealkylation sites (N-methyl/N-ethyl adjacent to an activating group) is 1. The van der Waals surface area contributed by atoms with E-state index in [9.17, 15) is 9.59 Å². The van der Waals surface area contributed by atoms with Crippen LogP contribution in [0.4, 0.5) is 16.2 Å². The lowest BCUT2D eigenvalue weighted by Gasteiger charge is -2.32. The second-order valence-corrected chi connectivity index (χ2v) is 8.23. The molecule has 3 amide bonds. The molecular formula is C24H30N4O2. The maximum atomic E-state index is 12.9.